The lowest BCUT2D eigenvalue weighted by Crippen LogP contribution is -2.39. The third-order valence-corrected chi connectivity index (χ3v) is 9.03. The Labute approximate surface area is 253 Å². The van der Waals surface area contributed by atoms with Crippen molar-refractivity contribution in [3.05, 3.63) is 76.6 Å². The molecule has 0 radical (unpaired) electrons. The summed E-state index contributed by atoms with van der Waals surface area (Å²) in [5, 5.41) is 8.47. The molecule has 0 N–H and O–H groups in total. The molecule has 214 valence electrons. The fraction of sp³-hybridized carbons (Fsp3) is 0.300. The summed E-state index contributed by atoms with van der Waals surface area (Å²) >= 11 is 2.98. The predicted octanol–water partition coefficient (Wildman–Crippen LogP) is 6.32. The minimum atomic E-state index is -0.0298. The van der Waals surface area contributed by atoms with Gasteiger partial charge in [-0.15, -0.1) is 35.1 Å². The van der Waals surface area contributed by atoms with Crippen molar-refractivity contribution in [1.29, 1.82) is 0 Å². The van der Waals surface area contributed by atoms with E-state index in [-0.39, 0.29) is 18.3 Å². The summed E-state index contributed by atoms with van der Waals surface area (Å²) in [5.74, 6) is 0.770. The summed E-state index contributed by atoms with van der Waals surface area (Å²) in [6.07, 6.45) is 0.852. The molecule has 0 unspecified atom stereocenters. The number of carbonyl (C=O) groups is 1. The Morgan fingerprint density at radius 1 is 1.10 bits per heavy atom. The van der Waals surface area contributed by atoms with Crippen molar-refractivity contribution in [2.45, 2.75) is 13.3 Å². The van der Waals surface area contributed by atoms with Gasteiger partial charge in [0.2, 0.25) is 0 Å². The number of aryl methyl sites for hydroxylation is 1. The molecule has 0 bridgehead atoms. The number of amides is 1. The lowest BCUT2D eigenvalue weighted by atomic mass is 10.2. The number of halogens is 1. The van der Waals surface area contributed by atoms with Crippen LogP contribution in [0.15, 0.2) is 66.0 Å². The number of carbonyl (C=O) groups excluding carboxylic acids is 1. The molecular weight excluding hydrogens is 578 g/mol. The van der Waals surface area contributed by atoms with Gasteiger partial charge in [0.05, 0.1) is 42.3 Å². The number of nitrogens with zero attached hydrogens (tertiary/aromatic N) is 5. The second-order valence-corrected chi connectivity index (χ2v) is 11.5. The van der Waals surface area contributed by atoms with Gasteiger partial charge in [-0.25, -0.2) is 9.67 Å². The molecule has 41 heavy (non-hydrogen) atoms. The topological polar surface area (TPSA) is 72.7 Å². The zero-order valence-corrected chi connectivity index (χ0v) is 25.4. The standard InChI is InChI=1S/C30H31N5O3S2.ClH/c1-21-25-19-27(40-29(25)35(32-21)23-7-4-3-5-8-23)28(36)34(14-6-13-33-15-17-38-18-16-33)30-31-26(20-39-30)22-9-11-24(37-2)12-10-22;/h3-5,7-12,19-20H,6,13-18H2,1-2H3;1H. The van der Waals surface area contributed by atoms with Crippen molar-refractivity contribution in [1.82, 2.24) is 19.7 Å². The molecule has 3 aromatic heterocycles. The monoisotopic (exact) mass is 609 g/mol. The average Bonchev–Trinajstić information content (AvgIpc) is 3.73. The van der Waals surface area contributed by atoms with E-state index < -0.39 is 0 Å². The smallest absolute Gasteiger partial charge is 0.270 e. The first kappa shape index (κ1) is 29.2. The Bertz CT molecular complexity index is 1590. The minimum Gasteiger partial charge on any atom is -0.497 e. The van der Waals surface area contributed by atoms with Crippen molar-refractivity contribution in [2.75, 3.05) is 51.4 Å². The number of rotatable bonds is 9. The van der Waals surface area contributed by atoms with Crippen LogP contribution in [0, 0.1) is 6.92 Å². The van der Waals surface area contributed by atoms with Gasteiger partial charge < -0.3 is 9.47 Å². The fourth-order valence-corrected chi connectivity index (χ4v) is 6.86. The number of anilines is 1. The molecule has 0 aliphatic carbocycles. The summed E-state index contributed by atoms with van der Waals surface area (Å²) in [4.78, 5) is 24.9. The van der Waals surface area contributed by atoms with E-state index in [4.69, 9.17) is 19.6 Å². The summed E-state index contributed by atoms with van der Waals surface area (Å²) in [7, 11) is 1.66. The van der Waals surface area contributed by atoms with E-state index in [1.165, 1.54) is 22.7 Å². The summed E-state index contributed by atoms with van der Waals surface area (Å²) in [6.45, 7) is 6.88. The molecule has 0 saturated carbocycles. The van der Waals surface area contributed by atoms with Gasteiger partial charge in [-0.2, -0.15) is 5.10 Å². The zero-order chi connectivity index (χ0) is 27.5. The maximum absolute atomic E-state index is 14.1. The molecule has 11 heteroatoms. The molecule has 0 spiro atoms. The number of morpholine rings is 1. The van der Waals surface area contributed by atoms with Crippen molar-refractivity contribution in [2.24, 2.45) is 0 Å². The highest BCUT2D eigenvalue weighted by Crippen LogP contribution is 2.34. The number of methoxy groups -OCH3 is 1. The van der Waals surface area contributed by atoms with Crippen LogP contribution in [-0.4, -0.2) is 72.1 Å². The maximum Gasteiger partial charge on any atom is 0.270 e. The van der Waals surface area contributed by atoms with Crippen molar-refractivity contribution in [3.63, 3.8) is 0 Å². The van der Waals surface area contributed by atoms with Crippen LogP contribution in [0.25, 0.3) is 27.2 Å². The van der Waals surface area contributed by atoms with Crippen molar-refractivity contribution in [3.8, 4) is 22.7 Å². The van der Waals surface area contributed by atoms with Gasteiger partial charge in [0.25, 0.3) is 5.91 Å². The van der Waals surface area contributed by atoms with Gasteiger partial charge in [0.1, 0.15) is 10.6 Å². The van der Waals surface area contributed by atoms with Crippen LogP contribution in [0.4, 0.5) is 5.13 Å². The number of hydrogen-bond donors (Lipinski definition) is 0. The average molecular weight is 610 g/mol. The van der Waals surface area contributed by atoms with Crippen molar-refractivity contribution < 1.29 is 14.3 Å². The van der Waals surface area contributed by atoms with Crippen LogP contribution in [0.2, 0.25) is 0 Å². The summed E-state index contributed by atoms with van der Waals surface area (Å²) in [5.41, 5.74) is 3.72. The van der Waals surface area contributed by atoms with Crippen LogP contribution < -0.4 is 9.64 Å². The largest absolute Gasteiger partial charge is 0.497 e. The van der Waals surface area contributed by atoms with Gasteiger partial charge in [-0.3, -0.25) is 14.6 Å². The van der Waals surface area contributed by atoms with E-state index in [0.717, 1.165) is 77.9 Å². The predicted molar refractivity (Wildman–Crippen MR) is 169 cm³/mol. The summed E-state index contributed by atoms with van der Waals surface area (Å²) < 4.78 is 12.7. The van der Waals surface area contributed by atoms with Crippen LogP contribution >= 0.6 is 35.1 Å². The molecule has 1 aliphatic rings. The molecule has 2 aromatic carbocycles. The third-order valence-electron chi connectivity index (χ3n) is 7.07. The van der Waals surface area contributed by atoms with Gasteiger partial charge in [-0.05, 0) is 55.8 Å². The van der Waals surface area contributed by atoms with E-state index in [2.05, 4.69) is 4.90 Å². The number of ether oxygens (including phenoxy) is 2. The first-order chi connectivity index (χ1) is 19.6. The van der Waals surface area contributed by atoms with E-state index >= 15 is 0 Å². The molecule has 0 atom stereocenters. The van der Waals surface area contributed by atoms with E-state index in [0.29, 0.717) is 16.6 Å². The van der Waals surface area contributed by atoms with Crippen molar-refractivity contribution >= 4 is 56.3 Å². The number of para-hydroxylation sites is 1. The molecule has 5 aromatic rings. The fourth-order valence-electron chi connectivity index (χ4n) is 4.87. The molecular formula is C30H32ClN5O3S2. The molecule has 1 saturated heterocycles. The first-order valence-corrected chi connectivity index (χ1v) is 15.1. The molecule has 4 heterocycles. The highest BCUT2D eigenvalue weighted by Gasteiger charge is 2.25. The zero-order valence-electron chi connectivity index (χ0n) is 23.0. The van der Waals surface area contributed by atoms with Gasteiger partial charge in [-0.1, -0.05) is 18.2 Å². The normalized spacial score (nSPS) is 13.7. The number of benzene rings is 2. The lowest BCUT2D eigenvalue weighted by molar-refractivity contribution is 0.0376. The number of fused-ring (bicyclic) bond motifs is 1. The van der Waals surface area contributed by atoms with E-state index in [1.807, 2.05) is 82.5 Å². The number of thiazole rings is 1. The molecule has 1 amide bonds. The molecule has 6 rings (SSSR count). The minimum absolute atomic E-state index is 0. The number of thiophene rings is 1. The van der Waals surface area contributed by atoms with E-state index in [1.54, 1.807) is 7.11 Å². The van der Waals surface area contributed by atoms with Crippen LogP contribution in [0.3, 0.4) is 0 Å². The quantitative estimate of drug-likeness (QED) is 0.195. The Hall–Kier alpha value is -3.28. The first-order valence-electron chi connectivity index (χ1n) is 13.4. The third kappa shape index (κ3) is 6.32. The van der Waals surface area contributed by atoms with Gasteiger partial charge in [0.15, 0.2) is 5.13 Å². The van der Waals surface area contributed by atoms with Gasteiger partial charge >= 0.3 is 0 Å². The molecule has 1 fully saturated rings. The van der Waals surface area contributed by atoms with Crippen LogP contribution in [0.1, 0.15) is 21.8 Å². The molecule has 1 aliphatic heterocycles. The highest BCUT2D eigenvalue weighted by molar-refractivity contribution is 7.20. The Morgan fingerprint density at radius 2 is 1.85 bits per heavy atom. The number of hydrogen-bond acceptors (Lipinski definition) is 8. The molecule has 8 nitrogen and oxygen atoms in total. The van der Waals surface area contributed by atoms with E-state index in [9.17, 15) is 4.79 Å². The number of aromatic nitrogens is 3. The highest BCUT2D eigenvalue weighted by atomic mass is 35.5. The van der Waals surface area contributed by atoms with Gasteiger partial charge in [0, 0.05) is 42.5 Å². The lowest BCUT2D eigenvalue weighted by Gasteiger charge is -2.27. The Kier molecular flexibility index (Phi) is 9.36. The second-order valence-electron chi connectivity index (χ2n) is 9.67. The Morgan fingerprint density at radius 3 is 2.59 bits per heavy atom. The maximum atomic E-state index is 14.1. The SMILES string of the molecule is COc1ccc(-c2csc(N(CCCN3CCOCC3)C(=O)c3cc4c(C)nn(-c5ccccc5)c4s3)n2)cc1.Cl. The second kappa shape index (κ2) is 13.1. The van der Waals surface area contributed by atoms with Crippen LogP contribution in [-0.2, 0) is 4.74 Å². The van der Waals surface area contributed by atoms with Crippen LogP contribution in [0.5, 0.6) is 5.75 Å². The summed E-state index contributed by atoms with van der Waals surface area (Å²) in [6, 6.07) is 19.9. The Balaban J connectivity index is 0.00000337.